The molecule has 0 saturated carbocycles. The summed E-state index contributed by atoms with van der Waals surface area (Å²) in [5, 5.41) is 15.0. The SMILES string of the molecule is COc1nccnc1-c1cccc(-c2ccn(C[C@H](O)c3ccccc3)n2)c1. The van der Waals surface area contributed by atoms with Crippen molar-refractivity contribution in [1.82, 2.24) is 19.7 Å². The molecule has 0 spiro atoms. The Morgan fingerprint density at radius 1 is 0.964 bits per heavy atom. The molecule has 4 aromatic rings. The zero-order valence-electron chi connectivity index (χ0n) is 15.4. The van der Waals surface area contributed by atoms with Gasteiger partial charge in [0.15, 0.2) is 0 Å². The molecule has 28 heavy (non-hydrogen) atoms. The van der Waals surface area contributed by atoms with Gasteiger partial charge in [-0.1, -0.05) is 48.5 Å². The molecule has 4 rings (SSSR count). The molecule has 0 amide bonds. The van der Waals surface area contributed by atoms with Gasteiger partial charge in [0.1, 0.15) is 5.69 Å². The molecule has 2 heterocycles. The van der Waals surface area contributed by atoms with Crippen molar-refractivity contribution in [2.24, 2.45) is 0 Å². The highest BCUT2D eigenvalue weighted by atomic mass is 16.5. The molecule has 0 saturated heterocycles. The van der Waals surface area contributed by atoms with E-state index in [0.717, 1.165) is 22.4 Å². The molecule has 0 aliphatic heterocycles. The predicted octanol–water partition coefficient (Wildman–Crippen LogP) is 3.75. The van der Waals surface area contributed by atoms with Crippen LogP contribution in [0.1, 0.15) is 11.7 Å². The van der Waals surface area contributed by atoms with Crippen LogP contribution in [0.3, 0.4) is 0 Å². The van der Waals surface area contributed by atoms with E-state index in [1.165, 1.54) is 0 Å². The highest BCUT2D eigenvalue weighted by Crippen LogP contribution is 2.29. The highest BCUT2D eigenvalue weighted by molar-refractivity contribution is 5.71. The molecule has 1 atom stereocenters. The van der Waals surface area contributed by atoms with Crippen LogP contribution in [0.2, 0.25) is 0 Å². The quantitative estimate of drug-likeness (QED) is 0.558. The van der Waals surface area contributed by atoms with Crippen LogP contribution in [0.25, 0.3) is 22.5 Å². The van der Waals surface area contributed by atoms with Gasteiger partial charge >= 0.3 is 0 Å². The number of hydrogen-bond acceptors (Lipinski definition) is 5. The first kappa shape index (κ1) is 17.9. The summed E-state index contributed by atoms with van der Waals surface area (Å²) in [6, 6.07) is 19.4. The lowest BCUT2D eigenvalue weighted by Crippen LogP contribution is -2.09. The van der Waals surface area contributed by atoms with E-state index in [9.17, 15) is 5.11 Å². The fourth-order valence-electron chi connectivity index (χ4n) is 3.07. The smallest absolute Gasteiger partial charge is 0.240 e. The summed E-state index contributed by atoms with van der Waals surface area (Å²) in [6.07, 6.45) is 4.51. The van der Waals surface area contributed by atoms with Gasteiger partial charge in [-0.25, -0.2) is 9.97 Å². The van der Waals surface area contributed by atoms with Gasteiger partial charge in [0.25, 0.3) is 0 Å². The van der Waals surface area contributed by atoms with Crippen molar-refractivity contribution in [3.05, 3.63) is 84.8 Å². The molecule has 0 aliphatic carbocycles. The molecule has 6 heteroatoms. The summed E-state index contributed by atoms with van der Waals surface area (Å²) < 4.78 is 7.07. The number of aliphatic hydroxyl groups excluding tert-OH is 1. The monoisotopic (exact) mass is 372 g/mol. The average molecular weight is 372 g/mol. The molecule has 0 fully saturated rings. The molecule has 2 aromatic carbocycles. The summed E-state index contributed by atoms with van der Waals surface area (Å²) in [4.78, 5) is 8.60. The molecular formula is C22H20N4O2. The van der Waals surface area contributed by atoms with Crippen molar-refractivity contribution < 1.29 is 9.84 Å². The van der Waals surface area contributed by atoms with Crippen molar-refractivity contribution in [2.75, 3.05) is 7.11 Å². The third kappa shape index (κ3) is 3.77. The second-order valence-electron chi connectivity index (χ2n) is 6.34. The molecule has 0 unspecified atom stereocenters. The Balaban J connectivity index is 1.57. The fourth-order valence-corrected chi connectivity index (χ4v) is 3.07. The second kappa shape index (κ2) is 8.02. The molecule has 0 aliphatic rings. The Morgan fingerprint density at radius 2 is 1.75 bits per heavy atom. The Hall–Kier alpha value is -3.51. The van der Waals surface area contributed by atoms with Crippen LogP contribution in [-0.2, 0) is 6.54 Å². The molecule has 6 nitrogen and oxygen atoms in total. The van der Waals surface area contributed by atoms with Crippen molar-refractivity contribution >= 4 is 0 Å². The number of nitrogens with zero attached hydrogens (tertiary/aromatic N) is 4. The average Bonchev–Trinajstić information content (AvgIpc) is 3.23. The van der Waals surface area contributed by atoms with E-state index in [-0.39, 0.29) is 0 Å². The number of hydrogen-bond donors (Lipinski definition) is 1. The first-order valence-corrected chi connectivity index (χ1v) is 8.97. The normalized spacial score (nSPS) is 11.9. The summed E-state index contributed by atoms with van der Waals surface area (Å²) in [5.41, 5.74) is 4.24. The summed E-state index contributed by atoms with van der Waals surface area (Å²) in [5.74, 6) is 0.483. The van der Waals surface area contributed by atoms with E-state index in [2.05, 4.69) is 15.1 Å². The predicted molar refractivity (Wildman–Crippen MR) is 107 cm³/mol. The second-order valence-corrected chi connectivity index (χ2v) is 6.34. The van der Waals surface area contributed by atoms with Crippen LogP contribution < -0.4 is 4.74 Å². The van der Waals surface area contributed by atoms with Crippen LogP contribution in [0, 0.1) is 0 Å². The number of aliphatic hydroxyl groups is 1. The van der Waals surface area contributed by atoms with E-state index in [4.69, 9.17) is 4.74 Å². The maximum Gasteiger partial charge on any atom is 0.240 e. The first-order valence-electron chi connectivity index (χ1n) is 8.97. The summed E-state index contributed by atoms with van der Waals surface area (Å²) >= 11 is 0. The van der Waals surface area contributed by atoms with Crippen LogP contribution >= 0.6 is 0 Å². The van der Waals surface area contributed by atoms with Crippen LogP contribution in [0.15, 0.2) is 79.3 Å². The van der Waals surface area contributed by atoms with Crippen molar-refractivity contribution in [3.8, 4) is 28.4 Å². The largest absolute Gasteiger partial charge is 0.479 e. The first-order chi connectivity index (χ1) is 13.7. The number of methoxy groups -OCH3 is 1. The lowest BCUT2D eigenvalue weighted by atomic mass is 10.1. The molecular weight excluding hydrogens is 352 g/mol. The van der Waals surface area contributed by atoms with Gasteiger partial charge in [-0.05, 0) is 17.7 Å². The fraction of sp³-hybridized carbons (Fsp3) is 0.136. The van der Waals surface area contributed by atoms with Gasteiger partial charge in [-0.2, -0.15) is 5.10 Å². The third-order valence-corrected chi connectivity index (χ3v) is 4.47. The van der Waals surface area contributed by atoms with E-state index in [1.807, 2.05) is 66.9 Å². The van der Waals surface area contributed by atoms with Crippen molar-refractivity contribution in [1.29, 1.82) is 0 Å². The standard InChI is InChI=1S/C22H20N4O2/c1-28-22-21(23-11-12-24-22)18-9-5-8-17(14-18)19-10-13-26(25-19)15-20(27)16-6-3-2-4-7-16/h2-14,20,27H,15H2,1H3/t20-/m0/s1. The van der Waals surface area contributed by atoms with Gasteiger partial charge in [0, 0.05) is 29.7 Å². The minimum atomic E-state index is -0.607. The zero-order valence-corrected chi connectivity index (χ0v) is 15.4. The molecule has 140 valence electrons. The van der Waals surface area contributed by atoms with Crippen molar-refractivity contribution in [3.63, 3.8) is 0 Å². The van der Waals surface area contributed by atoms with Gasteiger partial charge in [-0.3, -0.25) is 4.68 Å². The summed E-state index contributed by atoms with van der Waals surface area (Å²) in [6.45, 7) is 0.391. The number of aromatic nitrogens is 4. The minimum Gasteiger partial charge on any atom is -0.479 e. The van der Waals surface area contributed by atoms with Crippen LogP contribution in [-0.4, -0.2) is 32.0 Å². The maximum atomic E-state index is 10.4. The van der Waals surface area contributed by atoms with E-state index >= 15 is 0 Å². The highest BCUT2D eigenvalue weighted by Gasteiger charge is 2.12. The van der Waals surface area contributed by atoms with Gasteiger partial charge in [0.2, 0.25) is 5.88 Å². The Labute approximate surface area is 163 Å². The van der Waals surface area contributed by atoms with Gasteiger partial charge < -0.3 is 9.84 Å². The molecule has 1 N–H and O–H groups in total. The number of ether oxygens (including phenoxy) is 1. The Bertz CT molecular complexity index is 1060. The van der Waals surface area contributed by atoms with Crippen LogP contribution in [0.5, 0.6) is 5.88 Å². The van der Waals surface area contributed by atoms with Gasteiger partial charge in [-0.15, -0.1) is 0 Å². The lowest BCUT2D eigenvalue weighted by Gasteiger charge is -2.11. The molecule has 0 bridgehead atoms. The van der Waals surface area contributed by atoms with Crippen molar-refractivity contribution in [2.45, 2.75) is 12.6 Å². The number of benzene rings is 2. The maximum absolute atomic E-state index is 10.4. The van der Waals surface area contributed by atoms with E-state index in [1.54, 1.807) is 24.2 Å². The number of rotatable bonds is 6. The Kier molecular flexibility index (Phi) is 5.12. The third-order valence-electron chi connectivity index (χ3n) is 4.47. The minimum absolute atomic E-state index is 0.391. The van der Waals surface area contributed by atoms with Crippen LogP contribution in [0.4, 0.5) is 0 Å². The molecule has 0 radical (unpaired) electrons. The Morgan fingerprint density at radius 3 is 2.57 bits per heavy atom. The van der Waals surface area contributed by atoms with E-state index in [0.29, 0.717) is 18.1 Å². The van der Waals surface area contributed by atoms with E-state index < -0.39 is 6.10 Å². The topological polar surface area (TPSA) is 73.1 Å². The summed E-state index contributed by atoms with van der Waals surface area (Å²) in [7, 11) is 1.58. The van der Waals surface area contributed by atoms with Gasteiger partial charge in [0.05, 0.1) is 25.5 Å². The zero-order chi connectivity index (χ0) is 19.3. The lowest BCUT2D eigenvalue weighted by molar-refractivity contribution is 0.151. The molecule has 2 aromatic heterocycles.